The molecule has 0 unspecified atom stereocenters. The molecule has 3 N–H and O–H groups in total. The summed E-state index contributed by atoms with van der Waals surface area (Å²) in [4.78, 5) is 25.2. The van der Waals surface area contributed by atoms with Crippen molar-refractivity contribution in [2.24, 2.45) is 0 Å². The first-order valence-corrected chi connectivity index (χ1v) is 13.9. The Morgan fingerprint density at radius 3 is 2.59 bits per heavy atom. The molecule has 0 saturated heterocycles. The van der Waals surface area contributed by atoms with E-state index in [4.69, 9.17) is 13.9 Å². The van der Waals surface area contributed by atoms with Gasteiger partial charge in [0.25, 0.3) is 5.91 Å². The average molecular weight is 601 g/mol. The third kappa shape index (κ3) is 7.18. The van der Waals surface area contributed by atoms with Gasteiger partial charge < -0.3 is 29.0 Å². The maximum absolute atomic E-state index is 13.2. The van der Waals surface area contributed by atoms with Crippen molar-refractivity contribution in [3.05, 3.63) is 47.4 Å². The highest BCUT2D eigenvalue weighted by atomic mass is 32.2. The Bertz CT molecular complexity index is 1520. The van der Waals surface area contributed by atoms with Gasteiger partial charge in [0.15, 0.2) is 5.76 Å². The number of nitrogens with one attached hydrogen (secondary N) is 3. The number of sulfonamides is 1. The van der Waals surface area contributed by atoms with Gasteiger partial charge in [-0.3, -0.25) is 9.59 Å². The van der Waals surface area contributed by atoms with Crippen molar-refractivity contribution in [2.75, 3.05) is 26.8 Å². The van der Waals surface area contributed by atoms with Gasteiger partial charge in [-0.05, 0) is 38.3 Å². The Morgan fingerprint density at radius 1 is 1.10 bits per heavy atom. The van der Waals surface area contributed by atoms with E-state index in [9.17, 15) is 31.2 Å². The Labute approximate surface area is 232 Å². The molecule has 0 radical (unpaired) electrons. The standard InChI is InChI=1S/C25H27F3N4O8S/c1-14-21(13-20(39-14)18-12-22(40-31-18)25(26,27)28)41(35,36)32-17-5-3-4-8-29-23(33)16-7-6-15(37-2)11-19(16)38-10-9-30-24(17)34/h6-7,11-13,17,32H,3-5,8-10H2,1-2H3,(H,29,33)(H,30,34)/t17-/m0/s1. The average Bonchev–Trinajstić information content (AvgIpc) is 3.57. The number of carbonyl (C=O) groups is 2. The van der Waals surface area contributed by atoms with E-state index in [1.54, 1.807) is 18.2 Å². The van der Waals surface area contributed by atoms with E-state index in [0.29, 0.717) is 30.2 Å². The molecule has 12 nitrogen and oxygen atoms in total. The molecular weight excluding hydrogens is 573 g/mol. The van der Waals surface area contributed by atoms with Crippen molar-refractivity contribution in [1.29, 1.82) is 0 Å². The molecule has 222 valence electrons. The Kier molecular flexibility index (Phi) is 8.92. The number of aryl methyl sites for hydroxylation is 1. The summed E-state index contributed by atoms with van der Waals surface area (Å²) in [6, 6.07) is 5.13. The van der Waals surface area contributed by atoms with E-state index in [-0.39, 0.29) is 59.9 Å². The second kappa shape index (κ2) is 12.2. The highest BCUT2D eigenvalue weighted by Gasteiger charge is 2.37. The molecule has 2 aromatic heterocycles. The number of methoxy groups -OCH3 is 1. The summed E-state index contributed by atoms with van der Waals surface area (Å²) in [5, 5.41) is 8.69. The predicted octanol–water partition coefficient (Wildman–Crippen LogP) is 3.03. The van der Waals surface area contributed by atoms with Crippen molar-refractivity contribution >= 4 is 21.8 Å². The maximum atomic E-state index is 13.2. The minimum absolute atomic E-state index is 0.00207. The number of amides is 2. The van der Waals surface area contributed by atoms with Crippen LogP contribution in [0.1, 0.15) is 41.1 Å². The van der Waals surface area contributed by atoms with Crippen molar-refractivity contribution < 1.29 is 49.6 Å². The number of fused-ring (bicyclic) bond motifs is 1. The molecule has 4 rings (SSSR count). The number of furan rings is 1. The molecule has 2 amide bonds. The SMILES string of the molecule is COc1ccc2c(c1)OCCNC(=O)[C@@H](NS(=O)(=O)c1cc(-c3cc(C(F)(F)F)on3)oc1C)CCCCNC2=O. The molecule has 1 atom stereocenters. The number of halogens is 3. The van der Waals surface area contributed by atoms with E-state index < -0.39 is 33.9 Å². The van der Waals surface area contributed by atoms with Crippen LogP contribution >= 0.6 is 0 Å². The largest absolute Gasteiger partial charge is 0.497 e. The van der Waals surface area contributed by atoms with E-state index in [1.807, 2.05) is 0 Å². The summed E-state index contributed by atoms with van der Waals surface area (Å²) in [5.41, 5.74) is -0.0474. The number of aromatic nitrogens is 1. The number of ether oxygens (including phenoxy) is 2. The van der Waals surface area contributed by atoms with Gasteiger partial charge in [0.05, 0.1) is 19.2 Å². The molecule has 0 spiro atoms. The van der Waals surface area contributed by atoms with E-state index >= 15 is 0 Å². The van der Waals surface area contributed by atoms with Crippen molar-refractivity contribution in [2.45, 2.75) is 43.3 Å². The highest BCUT2D eigenvalue weighted by molar-refractivity contribution is 7.89. The summed E-state index contributed by atoms with van der Waals surface area (Å²) in [5.74, 6) is -2.01. The van der Waals surface area contributed by atoms with Gasteiger partial charge in [0, 0.05) is 24.7 Å². The topological polar surface area (TPSA) is 162 Å². The maximum Gasteiger partial charge on any atom is 0.452 e. The molecular formula is C25H27F3N4O8S. The highest BCUT2D eigenvalue weighted by Crippen LogP contribution is 2.34. The van der Waals surface area contributed by atoms with Crippen LogP contribution in [0.3, 0.4) is 0 Å². The van der Waals surface area contributed by atoms with Gasteiger partial charge in [-0.15, -0.1) is 0 Å². The Hall–Kier alpha value is -4.05. The lowest BCUT2D eigenvalue weighted by Gasteiger charge is -2.19. The van der Waals surface area contributed by atoms with Gasteiger partial charge in [0.1, 0.15) is 40.5 Å². The zero-order valence-electron chi connectivity index (χ0n) is 22.0. The van der Waals surface area contributed by atoms with E-state index in [2.05, 4.69) is 25.0 Å². The molecule has 1 aromatic carbocycles. The zero-order valence-corrected chi connectivity index (χ0v) is 22.8. The monoisotopic (exact) mass is 600 g/mol. The number of carbonyl (C=O) groups excluding carboxylic acids is 2. The minimum Gasteiger partial charge on any atom is -0.497 e. The lowest BCUT2D eigenvalue weighted by atomic mass is 10.1. The molecule has 0 aliphatic carbocycles. The van der Waals surface area contributed by atoms with Crippen LogP contribution in [0.15, 0.2) is 44.2 Å². The van der Waals surface area contributed by atoms with Gasteiger partial charge in [-0.25, -0.2) is 8.42 Å². The first-order chi connectivity index (χ1) is 19.4. The fourth-order valence-corrected chi connectivity index (χ4v) is 5.45. The Balaban J connectivity index is 1.49. The van der Waals surface area contributed by atoms with Gasteiger partial charge in [0.2, 0.25) is 21.7 Å². The van der Waals surface area contributed by atoms with Crippen LogP contribution < -0.4 is 24.8 Å². The molecule has 0 fully saturated rings. The zero-order chi connectivity index (χ0) is 29.8. The lowest BCUT2D eigenvalue weighted by Crippen LogP contribution is -2.47. The summed E-state index contributed by atoms with van der Waals surface area (Å²) in [7, 11) is -2.90. The minimum atomic E-state index is -4.79. The van der Waals surface area contributed by atoms with Crippen molar-refractivity contribution in [1.82, 2.24) is 20.5 Å². The number of nitrogens with zero attached hydrogens (tertiary/aromatic N) is 1. The third-order valence-electron chi connectivity index (χ3n) is 6.12. The molecule has 41 heavy (non-hydrogen) atoms. The summed E-state index contributed by atoms with van der Waals surface area (Å²) < 4.78 is 87.9. The summed E-state index contributed by atoms with van der Waals surface area (Å²) in [6.45, 7) is 1.54. The summed E-state index contributed by atoms with van der Waals surface area (Å²) >= 11 is 0. The van der Waals surface area contributed by atoms with Crippen LogP contribution in [0, 0.1) is 6.92 Å². The number of benzene rings is 1. The van der Waals surface area contributed by atoms with Crippen LogP contribution in [0.4, 0.5) is 13.2 Å². The molecule has 0 bridgehead atoms. The molecule has 1 aliphatic heterocycles. The number of rotatable bonds is 5. The smallest absolute Gasteiger partial charge is 0.452 e. The van der Waals surface area contributed by atoms with Crippen LogP contribution in [-0.2, 0) is 21.0 Å². The molecule has 3 heterocycles. The van der Waals surface area contributed by atoms with Gasteiger partial charge >= 0.3 is 6.18 Å². The first-order valence-electron chi connectivity index (χ1n) is 12.4. The lowest BCUT2D eigenvalue weighted by molar-refractivity contribution is -0.155. The first kappa shape index (κ1) is 29.9. The fraction of sp³-hybridized carbons (Fsp3) is 0.400. The van der Waals surface area contributed by atoms with E-state index in [1.165, 1.54) is 14.0 Å². The van der Waals surface area contributed by atoms with Gasteiger partial charge in [-0.2, -0.15) is 17.9 Å². The number of hydrogen-bond donors (Lipinski definition) is 3. The van der Waals surface area contributed by atoms with Crippen LogP contribution in [-0.4, -0.2) is 58.2 Å². The normalized spacial score (nSPS) is 17.5. The fourth-order valence-electron chi connectivity index (χ4n) is 4.04. The van der Waals surface area contributed by atoms with Gasteiger partial charge in [-0.1, -0.05) is 5.16 Å². The predicted molar refractivity (Wildman–Crippen MR) is 136 cm³/mol. The Morgan fingerprint density at radius 2 is 1.88 bits per heavy atom. The van der Waals surface area contributed by atoms with Crippen molar-refractivity contribution in [3.8, 4) is 23.0 Å². The second-order valence-corrected chi connectivity index (χ2v) is 10.7. The molecule has 0 saturated carbocycles. The number of hydrogen-bond acceptors (Lipinski definition) is 9. The third-order valence-corrected chi connectivity index (χ3v) is 7.69. The summed E-state index contributed by atoms with van der Waals surface area (Å²) in [6.07, 6.45) is -3.88. The van der Waals surface area contributed by atoms with Crippen molar-refractivity contribution in [3.63, 3.8) is 0 Å². The van der Waals surface area contributed by atoms with E-state index in [0.717, 1.165) is 6.07 Å². The second-order valence-electron chi connectivity index (χ2n) is 9.03. The molecule has 3 aromatic rings. The number of alkyl halides is 3. The van der Waals surface area contributed by atoms with Crippen LogP contribution in [0.2, 0.25) is 0 Å². The molecule has 1 aliphatic rings. The molecule has 16 heteroatoms. The van der Waals surface area contributed by atoms with Crippen LogP contribution in [0.5, 0.6) is 11.5 Å². The van der Waals surface area contributed by atoms with Crippen LogP contribution in [0.25, 0.3) is 11.5 Å². The quantitative estimate of drug-likeness (QED) is 0.400.